The monoisotopic (exact) mass is 444 g/mol. The zero-order valence-corrected chi connectivity index (χ0v) is 18.5. The molecule has 1 saturated heterocycles. The number of amides is 2. The van der Waals surface area contributed by atoms with Crippen LogP contribution in [0, 0.1) is 0 Å². The number of carbonyl (C=O) groups excluding carboxylic acids is 2. The zero-order chi connectivity index (χ0) is 22.1. The molecule has 2 aliphatic heterocycles. The molecule has 4 rings (SSSR count). The fourth-order valence-electron chi connectivity index (χ4n) is 4.54. The second-order valence-corrected chi connectivity index (χ2v) is 8.08. The first kappa shape index (κ1) is 21.3. The van der Waals surface area contributed by atoms with E-state index in [1.54, 1.807) is 30.3 Å². The lowest BCUT2D eigenvalue weighted by molar-refractivity contribution is -0.119. The maximum Gasteiger partial charge on any atom is 0.254 e. The van der Waals surface area contributed by atoms with Crippen LogP contribution in [0.1, 0.15) is 41.1 Å². The highest BCUT2D eigenvalue weighted by Crippen LogP contribution is 2.43. The summed E-state index contributed by atoms with van der Waals surface area (Å²) in [5, 5.41) is 3.38. The molecule has 2 unspecified atom stereocenters. The second kappa shape index (κ2) is 8.67. The molecule has 2 aromatic rings. The normalized spacial score (nSPS) is 19.9. The van der Waals surface area contributed by atoms with Gasteiger partial charge in [0.15, 0.2) is 11.5 Å². The Morgan fingerprint density at radius 3 is 2.42 bits per heavy atom. The van der Waals surface area contributed by atoms with Gasteiger partial charge in [-0.05, 0) is 55.2 Å². The third kappa shape index (κ3) is 3.78. The summed E-state index contributed by atoms with van der Waals surface area (Å²) in [6.45, 7) is 0.634. The van der Waals surface area contributed by atoms with Crippen LogP contribution in [0.5, 0.6) is 17.2 Å². The Labute approximate surface area is 186 Å². The molecule has 0 saturated carbocycles. The maximum absolute atomic E-state index is 13.5. The standard InChI is InChI=1S/C23H25ClN2O5/c1-29-18-8-7-13(10-16(18)24)25-22(27)21-14-11-19(30-2)20(31-3)12-15(14)23(28)26-9-5-4-6-17(21)26/h7-8,10-12,17,21H,4-6,9H2,1-3H3,(H,25,27). The molecule has 1 fully saturated rings. The summed E-state index contributed by atoms with van der Waals surface area (Å²) >= 11 is 6.22. The number of rotatable bonds is 5. The molecular formula is C23H25ClN2O5. The molecular weight excluding hydrogens is 420 g/mol. The topological polar surface area (TPSA) is 77.1 Å². The third-order valence-electron chi connectivity index (χ3n) is 6.02. The Balaban J connectivity index is 1.76. The Bertz CT molecular complexity index is 1030. The summed E-state index contributed by atoms with van der Waals surface area (Å²) < 4.78 is 16.0. The Morgan fingerprint density at radius 1 is 1.03 bits per heavy atom. The number of nitrogens with zero attached hydrogens (tertiary/aromatic N) is 1. The van der Waals surface area contributed by atoms with E-state index in [-0.39, 0.29) is 17.9 Å². The molecule has 2 amide bonds. The Kier molecular flexibility index (Phi) is 5.96. The van der Waals surface area contributed by atoms with Crippen LogP contribution in [-0.4, -0.2) is 50.6 Å². The van der Waals surface area contributed by atoms with Gasteiger partial charge in [-0.2, -0.15) is 0 Å². The smallest absolute Gasteiger partial charge is 0.254 e. The second-order valence-electron chi connectivity index (χ2n) is 7.67. The van der Waals surface area contributed by atoms with Gasteiger partial charge in [0.25, 0.3) is 5.91 Å². The lowest BCUT2D eigenvalue weighted by atomic mass is 9.78. The summed E-state index contributed by atoms with van der Waals surface area (Å²) in [4.78, 5) is 28.6. The van der Waals surface area contributed by atoms with Gasteiger partial charge in [-0.1, -0.05) is 11.6 Å². The number of piperidine rings is 1. The van der Waals surface area contributed by atoms with Crippen molar-refractivity contribution in [1.29, 1.82) is 0 Å². The molecule has 2 aliphatic rings. The molecule has 2 atom stereocenters. The van der Waals surface area contributed by atoms with Gasteiger partial charge in [-0.25, -0.2) is 0 Å². The molecule has 0 bridgehead atoms. The van der Waals surface area contributed by atoms with Crippen LogP contribution >= 0.6 is 11.6 Å². The van der Waals surface area contributed by atoms with E-state index in [0.717, 1.165) is 19.3 Å². The molecule has 0 aromatic heterocycles. The number of carbonyl (C=O) groups is 2. The molecule has 7 nitrogen and oxygen atoms in total. The molecule has 164 valence electrons. The van der Waals surface area contributed by atoms with E-state index < -0.39 is 5.92 Å². The highest BCUT2D eigenvalue weighted by molar-refractivity contribution is 6.32. The van der Waals surface area contributed by atoms with Gasteiger partial charge in [0.1, 0.15) is 5.75 Å². The summed E-state index contributed by atoms with van der Waals surface area (Å²) in [5.74, 6) is 0.684. The fraction of sp³-hybridized carbons (Fsp3) is 0.391. The van der Waals surface area contributed by atoms with Gasteiger partial charge in [-0.15, -0.1) is 0 Å². The van der Waals surface area contributed by atoms with Crippen molar-refractivity contribution in [3.8, 4) is 17.2 Å². The largest absolute Gasteiger partial charge is 0.495 e. The van der Waals surface area contributed by atoms with Crippen LogP contribution in [0.15, 0.2) is 30.3 Å². The van der Waals surface area contributed by atoms with E-state index in [2.05, 4.69) is 5.32 Å². The third-order valence-corrected chi connectivity index (χ3v) is 6.31. The molecule has 0 spiro atoms. The van der Waals surface area contributed by atoms with E-state index in [1.165, 1.54) is 21.3 Å². The summed E-state index contributed by atoms with van der Waals surface area (Å²) in [6.07, 6.45) is 2.66. The maximum atomic E-state index is 13.5. The first-order valence-corrected chi connectivity index (χ1v) is 10.6. The Morgan fingerprint density at radius 2 is 1.74 bits per heavy atom. The van der Waals surface area contributed by atoms with Crippen molar-refractivity contribution >= 4 is 29.1 Å². The minimum Gasteiger partial charge on any atom is -0.495 e. The van der Waals surface area contributed by atoms with Crippen LogP contribution in [0.25, 0.3) is 0 Å². The minimum absolute atomic E-state index is 0.0720. The van der Waals surface area contributed by atoms with Crippen LogP contribution in [0.4, 0.5) is 5.69 Å². The van der Waals surface area contributed by atoms with Crippen molar-refractivity contribution in [2.75, 3.05) is 33.2 Å². The van der Waals surface area contributed by atoms with E-state index >= 15 is 0 Å². The SMILES string of the molecule is COc1ccc(NC(=O)C2c3cc(OC)c(OC)cc3C(=O)N3CCCCC23)cc1Cl. The number of nitrogens with one attached hydrogen (secondary N) is 1. The van der Waals surface area contributed by atoms with Gasteiger partial charge in [0, 0.05) is 23.8 Å². The lowest BCUT2D eigenvalue weighted by Crippen LogP contribution is -2.53. The number of hydrogen-bond acceptors (Lipinski definition) is 5. The van der Waals surface area contributed by atoms with Crippen molar-refractivity contribution in [2.45, 2.75) is 31.2 Å². The Hall–Kier alpha value is -2.93. The molecule has 0 radical (unpaired) electrons. The number of halogens is 1. The van der Waals surface area contributed by atoms with Crippen molar-refractivity contribution in [1.82, 2.24) is 4.90 Å². The average molecular weight is 445 g/mol. The zero-order valence-electron chi connectivity index (χ0n) is 17.7. The predicted octanol–water partition coefficient (Wildman–Crippen LogP) is 4.10. The molecule has 0 aliphatic carbocycles. The van der Waals surface area contributed by atoms with Gasteiger partial charge >= 0.3 is 0 Å². The predicted molar refractivity (Wildman–Crippen MR) is 118 cm³/mol. The summed E-state index contributed by atoms with van der Waals surface area (Å²) in [5.41, 5.74) is 1.70. The quantitative estimate of drug-likeness (QED) is 0.751. The summed E-state index contributed by atoms with van der Waals surface area (Å²) in [6, 6.07) is 8.32. The molecule has 31 heavy (non-hydrogen) atoms. The molecule has 1 N–H and O–H groups in total. The van der Waals surface area contributed by atoms with Gasteiger partial charge in [-0.3, -0.25) is 9.59 Å². The lowest BCUT2D eigenvalue weighted by Gasteiger charge is -2.44. The molecule has 2 heterocycles. The minimum atomic E-state index is -0.534. The number of hydrogen-bond donors (Lipinski definition) is 1. The number of methoxy groups -OCH3 is 3. The fourth-order valence-corrected chi connectivity index (χ4v) is 4.79. The summed E-state index contributed by atoms with van der Waals surface area (Å²) in [7, 11) is 4.60. The first-order chi connectivity index (χ1) is 15.0. The highest BCUT2D eigenvalue weighted by atomic mass is 35.5. The molecule has 2 aromatic carbocycles. The van der Waals surface area contributed by atoms with E-state index in [0.29, 0.717) is 45.6 Å². The van der Waals surface area contributed by atoms with E-state index in [4.69, 9.17) is 25.8 Å². The van der Waals surface area contributed by atoms with Gasteiger partial charge in [0.2, 0.25) is 5.91 Å². The van der Waals surface area contributed by atoms with Crippen LogP contribution in [-0.2, 0) is 4.79 Å². The van der Waals surface area contributed by atoms with Crippen molar-refractivity contribution in [3.05, 3.63) is 46.5 Å². The molecule has 8 heteroatoms. The van der Waals surface area contributed by atoms with Crippen molar-refractivity contribution < 1.29 is 23.8 Å². The number of anilines is 1. The van der Waals surface area contributed by atoms with Gasteiger partial charge in [0.05, 0.1) is 32.3 Å². The van der Waals surface area contributed by atoms with Crippen molar-refractivity contribution in [2.24, 2.45) is 0 Å². The number of ether oxygens (including phenoxy) is 3. The average Bonchev–Trinajstić information content (AvgIpc) is 2.78. The van der Waals surface area contributed by atoms with Crippen molar-refractivity contribution in [3.63, 3.8) is 0 Å². The highest BCUT2D eigenvalue weighted by Gasteiger charge is 2.45. The van der Waals surface area contributed by atoms with Crippen LogP contribution in [0.3, 0.4) is 0 Å². The van der Waals surface area contributed by atoms with E-state index in [9.17, 15) is 9.59 Å². The van der Waals surface area contributed by atoms with Gasteiger partial charge < -0.3 is 24.4 Å². The van der Waals surface area contributed by atoms with Crippen LogP contribution in [0.2, 0.25) is 5.02 Å². The van der Waals surface area contributed by atoms with E-state index in [1.807, 2.05) is 4.90 Å². The number of benzene rings is 2. The van der Waals surface area contributed by atoms with Crippen LogP contribution < -0.4 is 19.5 Å². The first-order valence-electron chi connectivity index (χ1n) is 10.2. The number of fused-ring (bicyclic) bond motifs is 2.